The zero-order chi connectivity index (χ0) is 23.6. The first-order valence-corrected chi connectivity index (χ1v) is 13.2. The molecule has 1 fully saturated rings. The van der Waals surface area contributed by atoms with Crippen molar-refractivity contribution in [3.8, 4) is 0 Å². The highest BCUT2D eigenvalue weighted by molar-refractivity contribution is 7.89. The van der Waals surface area contributed by atoms with Crippen molar-refractivity contribution in [1.82, 2.24) is 18.8 Å². The lowest BCUT2D eigenvalue weighted by Crippen LogP contribution is -2.44. The summed E-state index contributed by atoms with van der Waals surface area (Å²) in [4.78, 5) is 41.3. The van der Waals surface area contributed by atoms with Crippen LogP contribution in [0.25, 0.3) is 10.9 Å². The van der Waals surface area contributed by atoms with Crippen molar-refractivity contribution < 1.29 is 13.2 Å². The SMILES string of the molecule is Cn1c(=O)n(CC(=O)N2CCCCCC2)c(=O)c2cc(S(=O)(=O)NCc3cccs3)ccc21. The minimum Gasteiger partial charge on any atom is -0.341 e. The van der Waals surface area contributed by atoms with Crippen LogP contribution < -0.4 is 16.0 Å². The summed E-state index contributed by atoms with van der Waals surface area (Å²) in [5.41, 5.74) is -0.977. The average Bonchev–Trinajstić information content (AvgIpc) is 3.18. The average molecular weight is 491 g/mol. The lowest BCUT2D eigenvalue weighted by molar-refractivity contribution is -0.131. The van der Waals surface area contributed by atoms with E-state index in [9.17, 15) is 22.8 Å². The monoisotopic (exact) mass is 490 g/mol. The van der Waals surface area contributed by atoms with Crippen molar-refractivity contribution in [2.75, 3.05) is 13.1 Å². The molecule has 0 bridgehead atoms. The molecule has 1 aromatic carbocycles. The highest BCUT2D eigenvalue weighted by atomic mass is 32.2. The summed E-state index contributed by atoms with van der Waals surface area (Å²) >= 11 is 1.43. The van der Waals surface area contributed by atoms with Gasteiger partial charge in [-0.3, -0.25) is 18.7 Å². The number of amides is 1. The van der Waals surface area contributed by atoms with Crippen molar-refractivity contribution >= 4 is 38.2 Å². The summed E-state index contributed by atoms with van der Waals surface area (Å²) in [5.74, 6) is -0.281. The molecule has 1 aliphatic heterocycles. The largest absolute Gasteiger partial charge is 0.341 e. The van der Waals surface area contributed by atoms with Crippen molar-refractivity contribution in [2.45, 2.75) is 43.7 Å². The van der Waals surface area contributed by atoms with Crippen LogP contribution in [-0.4, -0.2) is 41.4 Å². The number of hydrogen-bond donors (Lipinski definition) is 1. The second kappa shape index (κ2) is 9.62. The number of thiophene rings is 1. The van der Waals surface area contributed by atoms with E-state index >= 15 is 0 Å². The Labute approximate surface area is 195 Å². The maximum absolute atomic E-state index is 13.2. The summed E-state index contributed by atoms with van der Waals surface area (Å²) in [5, 5.41) is 1.93. The van der Waals surface area contributed by atoms with Crippen molar-refractivity contribution in [1.29, 1.82) is 0 Å². The smallest absolute Gasteiger partial charge is 0.331 e. The Morgan fingerprint density at radius 1 is 1.09 bits per heavy atom. The van der Waals surface area contributed by atoms with Gasteiger partial charge in [0.25, 0.3) is 5.56 Å². The molecule has 0 unspecified atom stereocenters. The normalized spacial score (nSPS) is 15.0. The van der Waals surface area contributed by atoms with E-state index in [1.807, 2.05) is 17.5 Å². The lowest BCUT2D eigenvalue weighted by atomic mass is 10.2. The number of likely N-dealkylation sites (tertiary alicyclic amines) is 1. The van der Waals surface area contributed by atoms with Gasteiger partial charge >= 0.3 is 5.69 Å². The predicted molar refractivity (Wildman–Crippen MR) is 127 cm³/mol. The van der Waals surface area contributed by atoms with E-state index in [2.05, 4.69) is 4.72 Å². The number of nitrogens with zero attached hydrogens (tertiary/aromatic N) is 3. The molecule has 1 saturated heterocycles. The number of nitrogens with one attached hydrogen (secondary N) is 1. The molecule has 176 valence electrons. The van der Waals surface area contributed by atoms with Crippen LogP contribution >= 0.6 is 11.3 Å². The van der Waals surface area contributed by atoms with Crippen LogP contribution in [0.2, 0.25) is 0 Å². The fourth-order valence-electron chi connectivity index (χ4n) is 4.02. The molecular weight excluding hydrogens is 464 g/mol. The fourth-order valence-corrected chi connectivity index (χ4v) is 5.79. The molecule has 1 aliphatic rings. The molecule has 2 aromatic heterocycles. The third-order valence-electron chi connectivity index (χ3n) is 5.90. The number of carbonyl (C=O) groups excluding carboxylic acids is 1. The Morgan fingerprint density at radius 3 is 2.48 bits per heavy atom. The third kappa shape index (κ3) is 4.94. The van der Waals surface area contributed by atoms with Gasteiger partial charge in [0.2, 0.25) is 15.9 Å². The molecule has 9 nitrogen and oxygen atoms in total. The second-order valence-electron chi connectivity index (χ2n) is 8.11. The second-order valence-corrected chi connectivity index (χ2v) is 10.9. The van der Waals surface area contributed by atoms with Gasteiger partial charge in [0.15, 0.2) is 0 Å². The van der Waals surface area contributed by atoms with Crippen LogP contribution in [0.15, 0.2) is 50.2 Å². The van der Waals surface area contributed by atoms with Crippen LogP contribution in [0.5, 0.6) is 0 Å². The van der Waals surface area contributed by atoms with E-state index in [4.69, 9.17) is 0 Å². The van der Waals surface area contributed by atoms with Crippen molar-refractivity contribution in [2.24, 2.45) is 7.05 Å². The highest BCUT2D eigenvalue weighted by Gasteiger charge is 2.21. The Balaban J connectivity index is 1.68. The van der Waals surface area contributed by atoms with Crippen LogP contribution in [0.3, 0.4) is 0 Å². The van der Waals surface area contributed by atoms with Crippen LogP contribution in [-0.2, 0) is 35.0 Å². The number of carbonyl (C=O) groups is 1. The molecule has 3 heterocycles. The highest BCUT2D eigenvalue weighted by Crippen LogP contribution is 2.17. The van der Waals surface area contributed by atoms with Gasteiger partial charge in [-0.25, -0.2) is 17.9 Å². The molecule has 0 atom stereocenters. The number of hydrogen-bond acceptors (Lipinski definition) is 6. The topological polar surface area (TPSA) is 110 Å². The molecule has 1 amide bonds. The van der Waals surface area contributed by atoms with E-state index in [0.29, 0.717) is 18.6 Å². The summed E-state index contributed by atoms with van der Waals surface area (Å²) in [6.07, 6.45) is 3.91. The Kier molecular flexibility index (Phi) is 6.82. The minimum atomic E-state index is -3.88. The maximum Gasteiger partial charge on any atom is 0.331 e. The number of aryl methyl sites for hydroxylation is 1. The van der Waals surface area contributed by atoms with Crippen molar-refractivity contribution in [3.63, 3.8) is 0 Å². The van der Waals surface area contributed by atoms with Gasteiger partial charge in [0.1, 0.15) is 6.54 Å². The van der Waals surface area contributed by atoms with Gasteiger partial charge in [0, 0.05) is 31.6 Å². The van der Waals surface area contributed by atoms with Crippen molar-refractivity contribution in [3.05, 3.63) is 61.4 Å². The van der Waals surface area contributed by atoms with E-state index in [1.54, 1.807) is 4.90 Å². The van der Waals surface area contributed by atoms with Gasteiger partial charge < -0.3 is 4.90 Å². The molecule has 4 rings (SSSR count). The standard InChI is InChI=1S/C22H26N4O5S2/c1-24-19-9-8-17(33(30,31)23-14-16-7-6-12-32-16)13-18(19)21(28)26(22(24)29)15-20(27)25-10-4-2-3-5-11-25/h6-9,12-13,23H,2-5,10-11,14-15H2,1H3. The minimum absolute atomic E-state index is 0.0692. The van der Waals surface area contributed by atoms with Crippen LogP contribution in [0, 0.1) is 0 Å². The summed E-state index contributed by atoms with van der Waals surface area (Å²) in [7, 11) is -2.38. The molecule has 0 radical (unpaired) electrons. The number of rotatable bonds is 6. The Bertz CT molecular complexity index is 1380. The molecule has 0 saturated carbocycles. The Morgan fingerprint density at radius 2 is 1.82 bits per heavy atom. The lowest BCUT2D eigenvalue weighted by Gasteiger charge is -2.21. The predicted octanol–water partition coefficient (Wildman–Crippen LogP) is 1.64. The van der Waals surface area contributed by atoms with Gasteiger partial charge in [-0.2, -0.15) is 0 Å². The van der Waals surface area contributed by atoms with E-state index in [0.717, 1.165) is 35.1 Å². The van der Waals surface area contributed by atoms with Gasteiger partial charge in [-0.05, 0) is 42.5 Å². The van der Waals surface area contributed by atoms with E-state index < -0.39 is 21.3 Å². The first kappa shape index (κ1) is 23.4. The molecule has 33 heavy (non-hydrogen) atoms. The van der Waals surface area contributed by atoms with Gasteiger partial charge in [-0.15, -0.1) is 11.3 Å². The van der Waals surface area contributed by atoms with E-state index in [1.165, 1.54) is 41.2 Å². The zero-order valence-corrected chi connectivity index (χ0v) is 20.0. The molecule has 1 N–H and O–H groups in total. The molecule has 0 aliphatic carbocycles. The first-order valence-electron chi connectivity index (χ1n) is 10.8. The number of benzene rings is 1. The van der Waals surface area contributed by atoms with Crippen LogP contribution in [0.4, 0.5) is 0 Å². The summed E-state index contributed by atoms with van der Waals surface area (Å²) in [6, 6.07) is 7.73. The van der Waals surface area contributed by atoms with Crippen LogP contribution in [0.1, 0.15) is 30.6 Å². The summed E-state index contributed by atoms with van der Waals surface area (Å²) < 4.78 is 30.3. The molecule has 0 spiro atoms. The maximum atomic E-state index is 13.2. The molecule has 11 heteroatoms. The Hall–Kier alpha value is -2.76. The van der Waals surface area contributed by atoms with Gasteiger partial charge in [0.05, 0.1) is 15.8 Å². The van der Waals surface area contributed by atoms with E-state index in [-0.39, 0.29) is 29.3 Å². The number of sulfonamides is 1. The van der Waals surface area contributed by atoms with Gasteiger partial charge in [-0.1, -0.05) is 18.9 Å². The third-order valence-corrected chi connectivity index (χ3v) is 8.18. The molecular formula is C22H26N4O5S2. The fraction of sp³-hybridized carbons (Fsp3) is 0.409. The quantitative estimate of drug-likeness (QED) is 0.565. The zero-order valence-electron chi connectivity index (χ0n) is 18.3. The molecule has 3 aromatic rings. The number of aromatic nitrogens is 2. The number of fused-ring (bicyclic) bond motifs is 1. The first-order chi connectivity index (χ1) is 15.8. The summed E-state index contributed by atoms with van der Waals surface area (Å²) in [6.45, 7) is 0.995.